The van der Waals surface area contributed by atoms with Crippen molar-refractivity contribution in [3.8, 4) is 44.5 Å². The maximum Gasteiger partial charge on any atom is 0.197 e. The van der Waals surface area contributed by atoms with Crippen molar-refractivity contribution in [1.82, 2.24) is 9.13 Å². The van der Waals surface area contributed by atoms with Gasteiger partial charge in [-0.25, -0.2) is 0 Å². The number of nitrogens with zero attached hydrogens (tertiary/aromatic N) is 2. The molecular weight excluding hydrogens is 683 g/mol. The molecular formula is C52H41N3O. The molecule has 2 aliphatic rings. The molecule has 4 nitrogen and oxygen atoms in total. The van der Waals surface area contributed by atoms with Crippen LogP contribution in [-0.2, 0) is 24.9 Å². The second-order valence-electron chi connectivity index (χ2n) is 17.0. The lowest BCUT2D eigenvalue weighted by Gasteiger charge is -2.23. The van der Waals surface area contributed by atoms with E-state index >= 15 is 0 Å². The van der Waals surface area contributed by atoms with Crippen LogP contribution >= 0.6 is 0 Å². The largest absolute Gasteiger partial charge is 0.343 e. The van der Waals surface area contributed by atoms with Crippen LogP contribution in [0.3, 0.4) is 0 Å². The quantitative estimate of drug-likeness (QED) is 0.177. The van der Waals surface area contributed by atoms with Crippen LogP contribution in [-0.4, -0.2) is 9.13 Å². The van der Waals surface area contributed by atoms with E-state index in [2.05, 4.69) is 166 Å². The van der Waals surface area contributed by atoms with Crippen LogP contribution in [0.15, 0.2) is 138 Å². The Morgan fingerprint density at radius 3 is 1.41 bits per heavy atom. The van der Waals surface area contributed by atoms with Gasteiger partial charge in [0, 0.05) is 57.6 Å². The zero-order chi connectivity index (χ0) is 38.4. The number of aryl methyl sites for hydroxylation is 2. The standard InChI is InChI=1S/C52H41N3O/c1-51(2)41-19-9-7-13-33(41)35-23-21-29(25-43(35)51)31-15-11-17-37-47(53)39-27-46-40(28-45(39)54(5)48(31)37)50(56)38-18-12-16-32(49(38)55(46)6)30-22-24-36-34-14-8-10-20-42(34)52(3,4)44(36)26-30/h7-28,53H,1-6H3. The number of para-hydroxylation sites is 2. The molecule has 0 saturated carbocycles. The van der Waals surface area contributed by atoms with Gasteiger partial charge in [-0.05, 0) is 86.0 Å². The van der Waals surface area contributed by atoms with Gasteiger partial charge in [-0.3, -0.25) is 10.2 Å². The van der Waals surface area contributed by atoms with Gasteiger partial charge in [0.25, 0.3) is 0 Å². The molecule has 0 saturated heterocycles. The summed E-state index contributed by atoms with van der Waals surface area (Å²) in [5, 5.41) is 13.2. The number of nitrogens with one attached hydrogen (secondary N) is 1. The summed E-state index contributed by atoms with van der Waals surface area (Å²) in [6.45, 7) is 9.22. The predicted molar refractivity (Wildman–Crippen MR) is 233 cm³/mol. The van der Waals surface area contributed by atoms with Gasteiger partial charge >= 0.3 is 0 Å². The van der Waals surface area contributed by atoms with E-state index in [0.717, 1.165) is 55.1 Å². The van der Waals surface area contributed by atoms with Crippen LogP contribution < -0.4 is 10.8 Å². The SMILES string of the molecule is Cn1c2cc3c(=O)c4cccc(-c5ccc6c(c5)C(C)(C)c5ccccc5-6)c4n(C)c3cc2c(=N)c2cccc(-c3ccc4c(c3)C(C)(C)c3ccccc3-4)c21. The van der Waals surface area contributed by atoms with Crippen molar-refractivity contribution in [2.45, 2.75) is 38.5 Å². The van der Waals surface area contributed by atoms with E-state index in [9.17, 15) is 10.2 Å². The first kappa shape index (κ1) is 32.9. The third kappa shape index (κ3) is 4.14. The van der Waals surface area contributed by atoms with Crippen molar-refractivity contribution < 1.29 is 0 Å². The number of hydrogen-bond donors (Lipinski definition) is 1. The van der Waals surface area contributed by atoms with Crippen LogP contribution in [0.1, 0.15) is 49.9 Å². The van der Waals surface area contributed by atoms with Crippen molar-refractivity contribution in [3.05, 3.63) is 171 Å². The summed E-state index contributed by atoms with van der Waals surface area (Å²) >= 11 is 0. The van der Waals surface area contributed by atoms with E-state index in [1.54, 1.807) is 0 Å². The van der Waals surface area contributed by atoms with E-state index in [1.165, 1.54) is 44.5 Å². The summed E-state index contributed by atoms with van der Waals surface area (Å²) in [5.41, 5.74) is 18.1. The van der Waals surface area contributed by atoms with Crippen LogP contribution in [0.5, 0.6) is 0 Å². The highest BCUT2D eigenvalue weighted by Gasteiger charge is 2.36. The molecule has 11 rings (SSSR count). The van der Waals surface area contributed by atoms with Gasteiger partial charge in [-0.2, -0.15) is 0 Å². The Balaban J connectivity index is 1.12. The number of benzene rings is 7. The first-order chi connectivity index (χ1) is 27.0. The molecule has 2 aliphatic carbocycles. The Bertz CT molecular complexity index is 3150. The van der Waals surface area contributed by atoms with Gasteiger partial charge in [0.1, 0.15) is 0 Å². The average Bonchev–Trinajstić information content (AvgIpc) is 3.59. The third-order valence-corrected chi connectivity index (χ3v) is 13.4. The Labute approximate surface area is 325 Å². The van der Waals surface area contributed by atoms with Crippen LogP contribution in [0, 0.1) is 5.41 Å². The van der Waals surface area contributed by atoms with Gasteiger partial charge < -0.3 is 9.13 Å². The van der Waals surface area contributed by atoms with Gasteiger partial charge in [-0.15, -0.1) is 0 Å². The van der Waals surface area contributed by atoms with Crippen LogP contribution in [0.25, 0.3) is 88.1 Å². The fraction of sp³-hybridized carbons (Fsp3) is 0.154. The minimum atomic E-state index is -0.129. The first-order valence-corrected chi connectivity index (χ1v) is 19.5. The normalized spacial score (nSPS) is 14.7. The number of fused-ring (bicyclic) bond motifs is 10. The molecule has 7 aromatic carbocycles. The van der Waals surface area contributed by atoms with Gasteiger partial charge in [-0.1, -0.05) is 131 Å². The monoisotopic (exact) mass is 723 g/mol. The Morgan fingerprint density at radius 2 is 0.857 bits per heavy atom. The van der Waals surface area contributed by atoms with Crippen molar-refractivity contribution >= 4 is 43.6 Å². The van der Waals surface area contributed by atoms with E-state index in [4.69, 9.17) is 0 Å². The molecule has 0 bridgehead atoms. The molecule has 0 spiro atoms. The second-order valence-corrected chi connectivity index (χ2v) is 17.0. The predicted octanol–water partition coefficient (Wildman–Crippen LogP) is 11.8. The zero-order valence-electron chi connectivity index (χ0n) is 32.5. The smallest absolute Gasteiger partial charge is 0.197 e. The van der Waals surface area contributed by atoms with Crippen molar-refractivity contribution in [2.24, 2.45) is 14.1 Å². The highest BCUT2D eigenvalue weighted by Crippen LogP contribution is 2.51. The number of pyridine rings is 2. The minimum absolute atomic E-state index is 0.00563. The second kappa shape index (κ2) is 11.0. The van der Waals surface area contributed by atoms with Crippen LogP contribution in [0.2, 0.25) is 0 Å². The highest BCUT2D eigenvalue weighted by atomic mass is 16.1. The molecule has 2 aromatic heterocycles. The topological polar surface area (TPSA) is 50.8 Å². The molecule has 270 valence electrons. The summed E-state index contributed by atoms with van der Waals surface area (Å²) in [5.74, 6) is 0. The Morgan fingerprint density at radius 1 is 0.429 bits per heavy atom. The first-order valence-electron chi connectivity index (χ1n) is 19.5. The average molecular weight is 724 g/mol. The molecule has 56 heavy (non-hydrogen) atoms. The lowest BCUT2D eigenvalue weighted by molar-refractivity contribution is 0.660. The minimum Gasteiger partial charge on any atom is -0.343 e. The van der Waals surface area contributed by atoms with Crippen molar-refractivity contribution in [1.29, 1.82) is 5.41 Å². The Hall–Kier alpha value is -6.52. The molecule has 2 heterocycles. The number of hydrogen-bond acceptors (Lipinski definition) is 2. The molecule has 4 heteroatoms. The molecule has 0 atom stereocenters. The highest BCUT2D eigenvalue weighted by molar-refractivity contribution is 6.08. The maximum atomic E-state index is 14.6. The Kier molecular flexibility index (Phi) is 6.48. The van der Waals surface area contributed by atoms with Gasteiger partial charge in [0.2, 0.25) is 0 Å². The number of aromatic nitrogens is 2. The van der Waals surface area contributed by atoms with E-state index < -0.39 is 0 Å². The molecule has 1 N–H and O–H groups in total. The van der Waals surface area contributed by atoms with E-state index in [1.807, 2.05) is 18.2 Å². The lowest BCUT2D eigenvalue weighted by atomic mass is 9.81. The molecule has 0 fully saturated rings. The summed E-state index contributed by atoms with van der Waals surface area (Å²) in [7, 11) is 4.13. The third-order valence-electron chi connectivity index (χ3n) is 13.4. The molecule has 0 amide bonds. The van der Waals surface area contributed by atoms with E-state index in [-0.39, 0.29) is 16.3 Å². The summed E-state index contributed by atoms with van der Waals surface area (Å²) in [4.78, 5) is 14.6. The summed E-state index contributed by atoms with van der Waals surface area (Å²) in [6.07, 6.45) is 0. The maximum absolute atomic E-state index is 14.6. The van der Waals surface area contributed by atoms with Gasteiger partial charge in [0.05, 0.1) is 27.4 Å². The van der Waals surface area contributed by atoms with Crippen molar-refractivity contribution in [2.75, 3.05) is 0 Å². The van der Waals surface area contributed by atoms with Crippen LogP contribution in [0.4, 0.5) is 0 Å². The zero-order valence-corrected chi connectivity index (χ0v) is 32.5. The molecule has 9 aromatic rings. The fourth-order valence-corrected chi connectivity index (χ4v) is 10.4. The summed E-state index contributed by atoms with van der Waals surface area (Å²) in [6, 6.07) is 47.5. The summed E-state index contributed by atoms with van der Waals surface area (Å²) < 4.78 is 4.35. The molecule has 0 aliphatic heterocycles. The fourth-order valence-electron chi connectivity index (χ4n) is 10.4. The van der Waals surface area contributed by atoms with E-state index in [0.29, 0.717) is 16.1 Å². The lowest BCUT2D eigenvalue weighted by Crippen LogP contribution is -2.15. The number of rotatable bonds is 2. The molecule has 0 radical (unpaired) electrons. The van der Waals surface area contributed by atoms with Gasteiger partial charge in [0.15, 0.2) is 5.43 Å². The van der Waals surface area contributed by atoms with Crippen molar-refractivity contribution in [3.63, 3.8) is 0 Å². The molecule has 0 unspecified atom stereocenters.